The zero-order chi connectivity index (χ0) is 37.0. The highest BCUT2D eigenvalue weighted by Gasteiger charge is 2.20. The van der Waals surface area contributed by atoms with Crippen LogP contribution in [0.5, 0.6) is 0 Å². The molecule has 2 heteroatoms. The Kier molecular flexibility index (Phi) is 7.53. The van der Waals surface area contributed by atoms with E-state index in [1.807, 2.05) is 0 Å². The fraction of sp³-hybridized carbons (Fsp3) is 0. The topological polar surface area (TPSA) is 8.17 Å². The summed E-state index contributed by atoms with van der Waals surface area (Å²) in [7, 11) is 0. The van der Waals surface area contributed by atoms with Crippen LogP contribution in [0.3, 0.4) is 0 Å². The highest BCUT2D eigenvalue weighted by molar-refractivity contribution is 6.26. The van der Waals surface area contributed by atoms with Crippen LogP contribution in [0.1, 0.15) is 0 Å². The second-order valence-electron chi connectivity index (χ2n) is 14.5. The summed E-state index contributed by atoms with van der Waals surface area (Å²) in [6, 6.07) is 79.5. The molecule has 0 N–H and O–H groups in total. The number of fused-ring (bicyclic) bond motifs is 7. The third-order valence-corrected chi connectivity index (χ3v) is 11.3. The van der Waals surface area contributed by atoms with Gasteiger partial charge in [-0.1, -0.05) is 158 Å². The van der Waals surface area contributed by atoms with Crippen molar-refractivity contribution in [3.8, 4) is 27.9 Å². The molecule has 56 heavy (non-hydrogen) atoms. The zero-order valence-electron chi connectivity index (χ0n) is 30.7. The Balaban J connectivity index is 1.10. The smallest absolute Gasteiger partial charge is 0.0547 e. The first kappa shape index (κ1) is 32.0. The summed E-state index contributed by atoms with van der Waals surface area (Å²) >= 11 is 0. The van der Waals surface area contributed by atoms with Crippen LogP contribution in [-0.4, -0.2) is 4.57 Å². The maximum absolute atomic E-state index is 2.46. The average molecular weight is 713 g/mol. The van der Waals surface area contributed by atoms with Gasteiger partial charge in [0, 0.05) is 33.5 Å². The van der Waals surface area contributed by atoms with Crippen LogP contribution in [0.25, 0.3) is 82.1 Å². The van der Waals surface area contributed by atoms with E-state index in [0.717, 1.165) is 33.9 Å². The van der Waals surface area contributed by atoms with E-state index in [1.165, 1.54) is 65.3 Å². The van der Waals surface area contributed by atoms with Gasteiger partial charge in [-0.2, -0.15) is 0 Å². The molecule has 0 aliphatic heterocycles. The minimum absolute atomic E-state index is 1.11. The van der Waals surface area contributed by atoms with Crippen LogP contribution in [-0.2, 0) is 0 Å². The van der Waals surface area contributed by atoms with Crippen LogP contribution in [0.2, 0.25) is 0 Å². The molecule has 0 fully saturated rings. The lowest BCUT2D eigenvalue weighted by molar-refractivity contribution is 1.18. The van der Waals surface area contributed by atoms with Gasteiger partial charge in [0.15, 0.2) is 0 Å². The summed E-state index contributed by atoms with van der Waals surface area (Å²) in [6.45, 7) is 0. The molecule has 0 radical (unpaired) electrons. The first-order valence-corrected chi connectivity index (χ1v) is 19.3. The molecule has 0 atom stereocenters. The number of hydrogen-bond acceptors (Lipinski definition) is 1. The second-order valence-corrected chi connectivity index (χ2v) is 14.5. The molecule has 0 saturated carbocycles. The van der Waals surface area contributed by atoms with E-state index < -0.39 is 0 Å². The summed E-state index contributed by atoms with van der Waals surface area (Å²) in [6.07, 6.45) is 0. The fourth-order valence-electron chi connectivity index (χ4n) is 8.78. The van der Waals surface area contributed by atoms with E-state index in [0.29, 0.717) is 0 Å². The van der Waals surface area contributed by atoms with E-state index in [4.69, 9.17) is 0 Å². The zero-order valence-corrected chi connectivity index (χ0v) is 30.7. The summed E-state index contributed by atoms with van der Waals surface area (Å²) in [5.41, 5.74) is 11.7. The van der Waals surface area contributed by atoms with E-state index in [-0.39, 0.29) is 0 Å². The van der Waals surface area contributed by atoms with Crippen LogP contribution in [0.15, 0.2) is 218 Å². The van der Waals surface area contributed by atoms with Crippen LogP contribution < -0.4 is 4.90 Å². The van der Waals surface area contributed by atoms with Gasteiger partial charge in [0.25, 0.3) is 0 Å². The van der Waals surface area contributed by atoms with Gasteiger partial charge in [0.1, 0.15) is 0 Å². The first-order valence-electron chi connectivity index (χ1n) is 19.3. The van der Waals surface area contributed by atoms with Crippen LogP contribution >= 0.6 is 0 Å². The molecule has 0 aliphatic rings. The third-order valence-electron chi connectivity index (χ3n) is 11.3. The van der Waals surface area contributed by atoms with E-state index in [9.17, 15) is 0 Å². The molecule has 0 aliphatic carbocycles. The number of nitrogens with zero attached hydrogens (tertiary/aromatic N) is 2. The normalized spacial score (nSPS) is 11.6. The van der Waals surface area contributed by atoms with Gasteiger partial charge in [-0.25, -0.2) is 0 Å². The lowest BCUT2D eigenvalue weighted by Gasteiger charge is -2.26. The Hall–Kier alpha value is -7.42. The van der Waals surface area contributed by atoms with Gasteiger partial charge in [-0.3, -0.25) is 0 Å². The largest absolute Gasteiger partial charge is 0.310 e. The number of benzene rings is 10. The maximum Gasteiger partial charge on any atom is 0.0547 e. The molecular weight excluding hydrogens is 677 g/mol. The lowest BCUT2D eigenvalue weighted by atomic mass is 9.93. The Morgan fingerprint density at radius 3 is 1.73 bits per heavy atom. The number of para-hydroxylation sites is 1. The summed E-state index contributed by atoms with van der Waals surface area (Å²) in [5, 5.41) is 10.0. The molecule has 11 aromatic rings. The SMILES string of the molecule is c1ccc(N(c2cccc(-c3cccc(-n4c5cccc(-c6cccc7ccccc67)c5c5c6ccccc6ccc54)c3)c2)c2ccc3ccccc3c2)cc1. The predicted octanol–water partition coefficient (Wildman–Crippen LogP) is 15.0. The summed E-state index contributed by atoms with van der Waals surface area (Å²) < 4.78 is 2.46. The second kappa shape index (κ2) is 13.2. The molecule has 0 saturated heterocycles. The number of anilines is 3. The van der Waals surface area contributed by atoms with Gasteiger partial charge < -0.3 is 9.47 Å². The van der Waals surface area contributed by atoms with E-state index >= 15 is 0 Å². The van der Waals surface area contributed by atoms with E-state index in [2.05, 4.69) is 228 Å². The summed E-state index contributed by atoms with van der Waals surface area (Å²) in [5.74, 6) is 0. The lowest BCUT2D eigenvalue weighted by Crippen LogP contribution is -2.09. The Bertz CT molecular complexity index is 3260. The van der Waals surface area contributed by atoms with Crippen molar-refractivity contribution in [2.45, 2.75) is 0 Å². The van der Waals surface area contributed by atoms with Crippen molar-refractivity contribution >= 4 is 71.2 Å². The minimum Gasteiger partial charge on any atom is -0.310 e. The molecule has 0 bridgehead atoms. The molecule has 0 spiro atoms. The molecule has 262 valence electrons. The Morgan fingerprint density at radius 2 is 0.875 bits per heavy atom. The summed E-state index contributed by atoms with van der Waals surface area (Å²) in [4.78, 5) is 2.35. The quantitative estimate of drug-likeness (QED) is 0.167. The molecule has 1 heterocycles. The van der Waals surface area contributed by atoms with Crippen molar-refractivity contribution in [3.63, 3.8) is 0 Å². The molecular formula is C54H36N2. The highest BCUT2D eigenvalue weighted by Crippen LogP contribution is 2.44. The average Bonchev–Trinajstić information content (AvgIpc) is 3.62. The van der Waals surface area contributed by atoms with E-state index in [1.54, 1.807) is 0 Å². The van der Waals surface area contributed by atoms with Gasteiger partial charge in [0.2, 0.25) is 0 Å². The standard InChI is InChI=1S/C54H36N2/c1-2-21-43(22-3-1)55(46-32-30-37-14-4-5-17-40(37)34-46)44-23-10-19-41(35-44)42-20-11-24-45(36-42)56-51-29-13-28-50(49-27-12-18-38-15-6-8-25-47(38)49)54(51)53-48-26-9-7-16-39(48)31-33-52(53)56/h1-36H. The fourth-order valence-corrected chi connectivity index (χ4v) is 8.78. The van der Waals surface area contributed by atoms with Crippen molar-refractivity contribution in [2.24, 2.45) is 0 Å². The van der Waals surface area contributed by atoms with Crippen LogP contribution in [0.4, 0.5) is 17.1 Å². The maximum atomic E-state index is 2.46. The van der Waals surface area contributed by atoms with Gasteiger partial charge in [-0.15, -0.1) is 0 Å². The van der Waals surface area contributed by atoms with Crippen molar-refractivity contribution in [2.75, 3.05) is 4.90 Å². The molecule has 0 amide bonds. The van der Waals surface area contributed by atoms with Crippen LogP contribution in [0, 0.1) is 0 Å². The Labute approximate surface area is 325 Å². The third kappa shape index (κ3) is 5.26. The van der Waals surface area contributed by atoms with Gasteiger partial charge in [0.05, 0.1) is 11.0 Å². The van der Waals surface area contributed by atoms with Gasteiger partial charge >= 0.3 is 0 Å². The van der Waals surface area contributed by atoms with Crippen molar-refractivity contribution in [3.05, 3.63) is 218 Å². The monoisotopic (exact) mass is 712 g/mol. The number of rotatable bonds is 6. The number of aromatic nitrogens is 1. The molecule has 2 nitrogen and oxygen atoms in total. The highest BCUT2D eigenvalue weighted by atomic mass is 15.1. The Morgan fingerprint density at radius 1 is 0.304 bits per heavy atom. The molecule has 0 unspecified atom stereocenters. The first-order chi connectivity index (χ1) is 27.8. The van der Waals surface area contributed by atoms with Crippen molar-refractivity contribution < 1.29 is 0 Å². The van der Waals surface area contributed by atoms with Crippen molar-refractivity contribution in [1.82, 2.24) is 4.57 Å². The molecule has 10 aromatic carbocycles. The minimum atomic E-state index is 1.11. The predicted molar refractivity (Wildman–Crippen MR) is 239 cm³/mol. The molecule has 1 aromatic heterocycles. The van der Waals surface area contributed by atoms with Crippen molar-refractivity contribution in [1.29, 1.82) is 0 Å². The number of hydrogen-bond donors (Lipinski definition) is 0. The van der Waals surface area contributed by atoms with Gasteiger partial charge in [-0.05, 0) is 115 Å². The molecule has 11 rings (SSSR count).